The number of carbonyl (C=O) groups is 1. The van der Waals surface area contributed by atoms with Gasteiger partial charge in [0.05, 0.1) is 17.7 Å². The molecule has 1 aliphatic rings. The second-order valence-corrected chi connectivity index (χ2v) is 5.88. The SMILES string of the molecule is CC1CCC(CN)(C(=O)NC(C)c2ccco2)CC1. The molecule has 0 saturated heterocycles. The minimum atomic E-state index is -0.382. The topological polar surface area (TPSA) is 68.3 Å². The van der Waals surface area contributed by atoms with Crippen LogP contribution in [0.2, 0.25) is 0 Å². The fraction of sp³-hybridized carbons (Fsp3) is 0.667. The number of furan rings is 1. The highest BCUT2D eigenvalue weighted by atomic mass is 16.3. The van der Waals surface area contributed by atoms with Crippen molar-refractivity contribution in [3.63, 3.8) is 0 Å². The maximum absolute atomic E-state index is 12.5. The Morgan fingerprint density at radius 2 is 2.26 bits per heavy atom. The third kappa shape index (κ3) is 3.00. The number of rotatable bonds is 4. The van der Waals surface area contributed by atoms with Crippen LogP contribution in [0, 0.1) is 11.3 Å². The van der Waals surface area contributed by atoms with Gasteiger partial charge in [-0.2, -0.15) is 0 Å². The molecule has 1 fully saturated rings. The summed E-state index contributed by atoms with van der Waals surface area (Å²) in [5, 5.41) is 3.05. The molecule has 1 unspecified atom stereocenters. The lowest BCUT2D eigenvalue weighted by Crippen LogP contribution is -2.48. The molecule has 3 N–H and O–H groups in total. The standard InChI is InChI=1S/C15H24N2O2/c1-11-5-7-15(10-16,8-6-11)14(18)17-12(2)13-4-3-9-19-13/h3-4,9,11-12H,5-8,10,16H2,1-2H3,(H,17,18). The second kappa shape index (κ2) is 5.78. The Kier molecular flexibility index (Phi) is 4.30. The molecule has 0 spiro atoms. The van der Waals surface area contributed by atoms with Gasteiger partial charge in [-0.3, -0.25) is 4.79 Å². The van der Waals surface area contributed by atoms with Crippen LogP contribution in [0.15, 0.2) is 22.8 Å². The summed E-state index contributed by atoms with van der Waals surface area (Å²) in [4.78, 5) is 12.5. The summed E-state index contributed by atoms with van der Waals surface area (Å²) in [5.41, 5.74) is 5.51. The molecule has 4 heteroatoms. The largest absolute Gasteiger partial charge is 0.467 e. The molecule has 0 aliphatic heterocycles. The van der Waals surface area contributed by atoms with Crippen LogP contribution in [-0.4, -0.2) is 12.5 Å². The average molecular weight is 264 g/mol. The van der Waals surface area contributed by atoms with Gasteiger partial charge in [0.15, 0.2) is 0 Å². The van der Waals surface area contributed by atoms with Crippen molar-refractivity contribution in [1.29, 1.82) is 0 Å². The van der Waals surface area contributed by atoms with Crippen molar-refractivity contribution in [1.82, 2.24) is 5.32 Å². The van der Waals surface area contributed by atoms with E-state index in [0.29, 0.717) is 12.5 Å². The van der Waals surface area contributed by atoms with Gasteiger partial charge >= 0.3 is 0 Å². The highest BCUT2D eigenvalue weighted by molar-refractivity contribution is 5.83. The van der Waals surface area contributed by atoms with Gasteiger partial charge in [-0.15, -0.1) is 0 Å². The molecule has 1 aliphatic carbocycles. The fourth-order valence-corrected chi connectivity index (χ4v) is 2.80. The van der Waals surface area contributed by atoms with Crippen LogP contribution in [-0.2, 0) is 4.79 Å². The number of carbonyl (C=O) groups excluding carboxylic acids is 1. The van der Waals surface area contributed by atoms with Gasteiger partial charge in [0.25, 0.3) is 0 Å². The lowest BCUT2D eigenvalue weighted by atomic mass is 9.70. The summed E-state index contributed by atoms with van der Waals surface area (Å²) in [6.07, 6.45) is 5.57. The third-order valence-corrected chi connectivity index (χ3v) is 4.42. The first-order chi connectivity index (χ1) is 9.07. The van der Waals surface area contributed by atoms with Crippen molar-refractivity contribution >= 4 is 5.91 Å². The van der Waals surface area contributed by atoms with E-state index in [1.54, 1.807) is 6.26 Å². The predicted molar refractivity (Wildman–Crippen MR) is 74.4 cm³/mol. The summed E-state index contributed by atoms with van der Waals surface area (Å²) in [6, 6.07) is 3.60. The van der Waals surface area contributed by atoms with Crippen molar-refractivity contribution in [2.45, 2.75) is 45.6 Å². The predicted octanol–water partition coefficient (Wildman–Crippen LogP) is 2.61. The van der Waals surface area contributed by atoms with Crippen LogP contribution in [0.25, 0.3) is 0 Å². The number of hydrogen-bond acceptors (Lipinski definition) is 3. The van der Waals surface area contributed by atoms with Crippen molar-refractivity contribution in [2.75, 3.05) is 6.54 Å². The molecule has 1 saturated carbocycles. The molecule has 2 rings (SSSR count). The Morgan fingerprint density at radius 3 is 2.79 bits per heavy atom. The molecule has 1 aromatic heterocycles. The van der Waals surface area contributed by atoms with E-state index in [4.69, 9.17) is 10.2 Å². The second-order valence-electron chi connectivity index (χ2n) is 5.88. The van der Waals surface area contributed by atoms with Crippen LogP contribution >= 0.6 is 0 Å². The van der Waals surface area contributed by atoms with Crippen LogP contribution in [0.3, 0.4) is 0 Å². The molecule has 1 amide bonds. The van der Waals surface area contributed by atoms with Gasteiger partial charge in [0, 0.05) is 6.54 Å². The number of nitrogens with one attached hydrogen (secondary N) is 1. The number of amides is 1. The zero-order valence-corrected chi connectivity index (χ0v) is 11.8. The minimum Gasteiger partial charge on any atom is -0.467 e. The van der Waals surface area contributed by atoms with Crippen molar-refractivity contribution < 1.29 is 9.21 Å². The average Bonchev–Trinajstić information content (AvgIpc) is 2.94. The summed E-state index contributed by atoms with van der Waals surface area (Å²) in [7, 11) is 0. The molecular formula is C15H24N2O2. The van der Waals surface area contributed by atoms with Gasteiger partial charge in [-0.05, 0) is 50.7 Å². The van der Waals surface area contributed by atoms with Gasteiger partial charge in [-0.1, -0.05) is 6.92 Å². The van der Waals surface area contributed by atoms with Gasteiger partial charge < -0.3 is 15.5 Å². The molecule has 1 atom stereocenters. The van der Waals surface area contributed by atoms with E-state index in [-0.39, 0.29) is 17.4 Å². The highest BCUT2D eigenvalue weighted by Gasteiger charge is 2.40. The Hall–Kier alpha value is -1.29. The van der Waals surface area contributed by atoms with E-state index in [1.165, 1.54) is 0 Å². The van der Waals surface area contributed by atoms with E-state index < -0.39 is 0 Å². The summed E-state index contributed by atoms with van der Waals surface area (Å²) in [5.74, 6) is 1.56. The van der Waals surface area contributed by atoms with E-state index in [2.05, 4.69) is 12.2 Å². The van der Waals surface area contributed by atoms with E-state index in [1.807, 2.05) is 19.1 Å². The van der Waals surface area contributed by atoms with Crippen molar-refractivity contribution in [2.24, 2.45) is 17.1 Å². The van der Waals surface area contributed by atoms with Gasteiger partial charge in [-0.25, -0.2) is 0 Å². The van der Waals surface area contributed by atoms with Crippen LogP contribution in [0.5, 0.6) is 0 Å². The van der Waals surface area contributed by atoms with Crippen LogP contribution < -0.4 is 11.1 Å². The first-order valence-electron chi connectivity index (χ1n) is 7.12. The molecule has 4 nitrogen and oxygen atoms in total. The minimum absolute atomic E-state index is 0.0748. The van der Waals surface area contributed by atoms with Gasteiger partial charge in [0.2, 0.25) is 5.91 Å². The smallest absolute Gasteiger partial charge is 0.228 e. The zero-order chi connectivity index (χ0) is 13.9. The summed E-state index contributed by atoms with van der Waals surface area (Å²) in [6.45, 7) is 4.60. The molecule has 0 radical (unpaired) electrons. The Balaban J connectivity index is 2.01. The maximum Gasteiger partial charge on any atom is 0.228 e. The Bertz CT molecular complexity index is 406. The quantitative estimate of drug-likeness (QED) is 0.878. The van der Waals surface area contributed by atoms with Crippen LogP contribution in [0.1, 0.15) is 51.3 Å². The zero-order valence-electron chi connectivity index (χ0n) is 11.8. The summed E-state index contributed by atoms with van der Waals surface area (Å²) >= 11 is 0. The first kappa shape index (κ1) is 14.1. The third-order valence-electron chi connectivity index (χ3n) is 4.42. The van der Waals surface area contributed by atoms with Crippen LogP contribution in [0.4, 0.5) is 0 Å². The molecule has 0 bridgehead atoms. The van der Waals surface area contributed by atoms with E-state index >= 15 is 0 Å². The van der Waals surface area contributed by atoms with Gasteiger partial charge in [0.1, 0.15) is 5.76 Å². The Labute approximate surface area is 114 Å². The first-order valence-corrected chi connectivity index (χ1v) is 7.12. The molecule has 1 heterocycles. The number of nitrogens with two attached hydrogens (primary N) is 1. The fourth-order valence-electron chi connectivity index (χ4n) is 2.80. The normalized spacial score (nSPS) is 28.9. The molecular weight excluding hydrogens is 240 g/mol. The van der Waals surface area contributed by atoms with Crippen molar-refractivity contribution in [3.05, 3.63) is 24.2 Å². The molecule has 0 aromatic carbocycles. The summed E-state index contributed by atoms with van der Waals surface area (Å²) < 4.78 is 5.32. The lowest BCUT2D eigenvalue weighted by molar-refractivity contribution is -0.133. The maximum atomic E-state index is 12.5. The monoisotopic (exact) mass is 264 g/mol. The number of hydrogen-bond donors (Lipinski definition) is 2. The Morgan fingerprint density at radius 1 is 1.58 bits per heavy atom. The lowest BCUT2D eigenvalue weighted by Gasteiger charge is -2.37. The van der Waals surface area contributed by atoms with Crippen molar-refractivity contribution in [3.8, 4) is 0 Å². The molecule has 19 heavy (non-hydrogen) atoms. The van der Waals surface area contributed by atoms with E-state index in [9.17, 15) is 4.79 Å². The molecule has 1 aromatic rings. The van der Waals surface area contributed by atoms with E-state index in [0.717, 1.165) is 31.4 Å². The molecule has 106 valence electrons. The highest BCUT2D eigenvalue weighted by Crippen LogP contribution is 2.38.